The van der Waals surface area contributed by atoms with Crippen LogP contribution in [0.3, 0.4) is 0 Å². The summed E-state index contributed by atoms with van der Waals surface area (Å²) in [6.45, 7) is 4.61. The van der Waals surface area contributed by atoms with Gasteiger partial charge in [0.2, 0.25) is 0 Å². The van der Waals surface area contributed by atoms with Gasteiger partial charge in [-0.2, -0.15) is 0 Å². The predicted octanol–water partition coefficient (Wildman–Crippen LogP) is 18.4. The van der Waals surface area contributed by atoms with Gasteiger partial charge in [0.25, 0.3) is 0 Å². The van der Waals surface area contributed by atoms with Crippen molar-refractivity contribution in [2.75, 3.05) is 0 Å². The summed E-state index contributed by atoms with van der Waals surface area (Å²) in [5.74, 6) is 0. The first-order valence-corrected chi connectivity index (χ1v) is 24.6. The molecule has 2 aromatic carbocycles. The third kappa shape index (κ3) is 11.8. The van der Waals surface area contributed by atoms with E-state index in [0.29, 0.717) is 0 Å². The van der Waals surface area contributed by atoms with Crippen molar-refractivity contribution in [1.29, 1.82) is 0 Å². The fourth-order valence-electron chi connectivity index (χ4n) is 7.91. The van der Waals surface area contributed by atoms with Crippen molar-refractivity contribution in [2.24, 2.45) is 0 Å². The summed E-state index contributed by atoms with van der Waals surface area (Å²) in [6, 6.07) is 19.3. The van der Waals surface area contributed by atoms with Crippen molar-refractivity contribution in [3.8, 4) is 0 Å². The zero-order chi connectivity index (χ0) is 35.8. The van der Waals surface area contributed by atoms with Crippen molar-refractivity contribution < 1.29 is 0 Å². The molecule has 4 aromatic heterocycles. The highest BCUT2D eigenvalue weighted by Crippen LogP contribution is 2.39. The Kier molecular flexibility index (Phi) is 16.6. The van der Waals surface area contributed by atoms with Gasteiger partial charge in [0, 0.05) is 59.9 Å². The molecule has 280 valence electrons. The fraction of sp³-hybridized carbons (Fsp3) is 0.542. The standard InChI is InChI=1S/C48H64S4/c1-3-5-7-9-11-13-15-17-19-21-23-25-37-33-41-43-35-39(51-47(43)31-29-45(41)49-37)27-28-40-36-44-42-34-38(50-46(42)30-32-48(44)52-40)26-24-22-20-18-16-14-12-10-8-6-4-2/h27-36H,3-26H2,1-2H3. The fourth-order valence-corrected chi connectivity index (χ4v) is 12.1. The summed E-state index contributed by atoms with van der Waals surface area (Å²) < 4.78 is 5.72. The Morgan fingerprint density at radius 3 is 0.981 bits per heavy atom. The van der Waals surface area contributed by atoms with Crippen LogP contribution in [0.5, 0.6) is 0 Å². The molecule has 0 N–H and O–H groups in total. The molecule has 0 saturated carbocycles. The van der Waals surface area contributed by atoms with E-state index in [4.69, 9.17) is 0 Å². The van der Waals surface area contributed by atoms with Gasteiger partial charge in [-0.3, -0.25) is 0 Å². The number of benzene rings is 2. The van der Waals surface area contributed by atoms with Gasteiger partial charge in [0.05, 0.1) is 0 Å². The molecule has 0 amide bonds. The summed E-state index contributed by atoms with van der Waals surface area (Å²) in [5.41, 5.74) is 0. The molecular formula is C48H64S4. The van der Waals surface area contributed by atoms with E-state index in [2.05, 4.69) is 74.5 Å². The summed E-state index contributed by atoms with van der Waals surface area (Å²) in [7, 11) is 0. The molecule has 4 heteroatoms. The van der Waals surface area contributed by atoms with E-state index in [1.54, 1.807) is 9.75 Å². The van der Waals surface area contributed by atoms with Gasteiger partial charge in [-0.05, 0) is 86.4 Å². The Balaban J connectivity index is 0.971. The van der Waals surface area contributed by atoms with E-state index in [0.717, 1.165) is 0 Å². The van der Waals surface area contributed by atoms with Crippen molar-refractivity contribution >= 4 is 97.8 Å². The minimum absolute atomic E-state index is 1.24. The minimum atomic E-state index is 1.24. The Labute approximate surface area is 331 Å². The van der Waals surface area contributed by atoms with Crippen molar-refractivity contribution in [3.05, 3.63) is 68.0 Å². The van der Waals surface area contributed by atoms with E-state index >= 15 is 0 Å². The Hall–Kier alpha value is -1.98. The number of hydrogen-bond donors (Lipinski definition) is 0. The molecule has 0 fully saturated rings. The number of rotatable bonds is 26. The second-order valence-corrected chi connectivity index (χ2v) is 20.0. The molecule has 0 radical (unpaired) electrons. The molecule has 0 aliphatic carbocycles. The SMILES string of the molecule is CCCCCCCCCCCCCc1cc2c(ccc3sc(C=Cc4cc5c(ccc6sc(CCCCCCCCCCCCC)cc65)s4)cc32)s1. The quantitative estimate of drug-likeness (QED) is 0.0482. The third-order valence-electron chi connectivity index (χ3n) is 11.0. The van der Waals surface area contributed by atoms with Gasteiger partial charge in [0.1, 0.15) is 0 Å². The third-order valence-corrected chi connectivity index (χ3v) is 15.5. The van der Waals surface area contributed by atoms with E-state index in [1.165, 1.54) is 204 Å². The maximum absolute atomic E-state index is 2.50. The summed E-state index contributed by atoms with van der Waals surface area (Å²) >= 11 is 7.90. The van der Waals surface area contributed by atoms with Crippen LogP contribution in [0.15, 0.2) is 48.5 Å². The van der Waals surface area contributed by atoms with Gasteiger partial charge in [0.15, 0.2) is 0 Å². The average molecular weight is 769 g/mol. The highest BCUT2D eigenvalue weighted by Gasteiger charge is 2.11. The maximum Gasteiger partial charge on any atom is 0.0356 e. The van der Waals surface area contributed by atoms with Gasteiger partial charge in [-0.15, -0.1) is 45.3 Å². The molecule has 0 aliphatic heterocycles. The molecule has 4 heterocycles. The Bertz CT molecular complexity index is 1800. The Morgan fingerprint density at radius 2 is 0.635 bits per heavy atom. The highest BCUT2D eigenvalue weighted by atomic mass is 32.1. The summed E-state index contributed by atoms with van der Waals surface area (Å²) in [4.78, 5) is 5.84. The van der Waals surface area contributed by atoms with Gasteiger partial charge in [-0.1, -0.05) is 142 Å². The number of thiophene rings is 4. The molecule has 0 nitrogen and oxygen atoms in total. The summed E-state index contributed by atoms with van der Waals surface area (Å²) in [5, 5.41) is 5.79. The molecule has 6 rings (SSSR count). The molecule has 0 spiro atoms. The normalized spacial score (nSPS) is 12.3. The Morgan fingerprint density at radius 1 is 0.346 bits per heavy atom. The molecule has 0 unspecified atom stereocenters. The van der Waals surface area contributed by atoms with E-state index < -0.39 is 0 Å². The number of aryl methyl sites for hydroxylation is 2. The lowest BCUT2D eigenvalue weighted by Crippen LogP contribution is -1.84. The summed E-state index contributed by atoms with van der Waals surface area (Å²) in [6.07, 6.45) is 38.2. The second kappa shape index (κ2) is 21.8. The smallest absolute Gasteiger partial charge is 0.0356 e. The lowest BCUT2D eigenvalue weighted by molar-refractivity contribution is 0.550. The average Bonchev–Trinajstić information content (AvgIpc) is 3.95. The van der Waals surface area contributed by atoms with Crippen LogP contribution in [-0.4, -0.2) is 0 Å². The van der Waals surface area contributed by atoms with Gasteiger partial charge < -0.3 is 0 Å². The van der Waals surface area contributed by atoms with E-state index in [1.807, 2.05) is 45.3 Å². The van der Waals surface area contributed by atoms with Crippen LogP contribution in [0.25, 0.3) is 52.5 Å². The maximum atomic E-state index is 2.50. The first kappa shape index (κ1) is 39.7. The van der Waals surface area contributed by atoms with Crippen LogP contribution in [0.4, 0.5) is 0 Å². The van der Waals surface area contributed by atoms with Crippen LogP contribution in [-0.2, 0) is 12.8 Å². The van der Waals surface area contributed by atoms with Crippen LogP contribution in [0.2, 0.25) is 0 Å². The van der Waals surface area contributed by atoms with Crippen LogP contribution in [0.1, 0.15) is 175 Å². The lowest BCUT2D eigenvalue weighted by Gasteiger charge is -2.02. The molecule has 0 bridgehead atoms. The van der Waals surface area contributed by atoms with Crippen LogP contribution in [0, 0.1) is 0 Å². The van der Waals surface area contributed by atoms with Crippen molar-refractivity contribution in [2.45, 2.75) is 168 Å². The molecule has 52 heavy (non-hydrogen) atoms. The largest absolute Gasteiger partial charge is 0.140 e. The van der Waals surface area contributed by atoms with Gasteiger partial charge >= 0.3 is 0 Å². The van der Waals surface area contributed by atoms with Crippen molar-refractivity contribution in [1.82, 2.24) is 0 Å². The number of unbranched alkanes of at least 4 members (excludes halogenated alkanes) is 20. The minimum Gasteiger partial charge on any atom is -0.140 e. The van der Waals surface area contributed by atoms with E-state index in [9.17, 15) is 0 Å². The second-order valence-electron chi connectivity index (χ2n) is 15.4. The molecule has 0 saturated heterocycles. The molecule has 0 aliphatic rings. The first-order valence-electron chi connectivity index (χ1n) is 21.3. The lowest BCUT2D eigenvalue weighted by atomic mass is 10.0. The highest BCUT2D eigenvalue weighted by molar-refractivity contribution is 7.22. The first-order chi connectivity index (χ1) is 25.7. The number of hydrogen-bond acceptors (Lipinski definition) is 4. The van der Waals surface area contributed by atoms with E-state index in [-0.39, 0.29) is 0 Å². The van der Waals surface area contributed by atoms with Crippen molar-refractivity contribution in [3.63, 3.8) is 0 Å². The van der Waals surface area contributed by atoms with Gasteiger partial charge in [-0.25, -0.2) is 0 Å². The monoisotopic (exact) mass is 768 g/mol. The zero-order valence-electron chi connectivity index (χ0n) is 32.4. The topological polar surface area (TPSA) is 0 Å². The van der Waals surface area contributed by atoms with Crippen LogP contribution < -0.4 is 0 Å². The molecule has 6 aromatic rings. The molecular weight excluding hydrogens is 705 g/mol. The number of fused-ring (bicyclic) bond motifs is 6. The van der Waals surface area contributed by atoms with Crippen LogP contribution >= 0.6 is 45.3 Å². The predicted molar refractivity (Wildman–Crippen MR) is 244 cm³/mol. The molecule has 0 atom stereocenters. The zero-order valence-corrected chi connectivity index (χ0v) is 35.6.